The van der Waals surface area contributed by atoms with E-state index in [4.69, 9.17) is 5.11 Å². The van der Waals surface area contributed by atoms with Gasteiger partial charge in [0.2, 0.25) is 17.7 Å². The summed E-state index contributed by atoms with van der Waals surface area (Å²) < 4.78 is 0. The minimum absolute atomic E-state index is 0.0507. The molecule has 0 radical (unpaired) electrons. The number of hydrogen-bond acceptors (Lipinski definition) is 4. The summed E-state index contributed by atoms with van der Waals surface area (Å²) in [5.74, 6) is 3.21. The van der Waals surface area contributed by atoms with Crippen LogP contribution in [0.5, 0.6) is 0 Å². The monoisotopic (exact) mass is 359 g/mol. The van der Waals surface area contributed by atoms with E-state index >= 15 is 0 Å². The normalized spacial score (nSPS) is 10.7. The van der Waals surface area contributed by atoms with E-state index in [-0.39, 0.29) is 18.4 Å². The van der Waals surface area contributed by atoms with Crippen LogP contribution in [0.25, 0.3) is 0 Å². The largest absolute Gasteiger partial charge is 0.481 e. The van der Waals surface area contributed by atoms with Gasteiger partial charge in [-0.2, -0.15) is 0 Å². The highest BCUT2D eigenvalue weighted by molar-refractivity contribution is 5.93. The molecule has 3 amide bonds. The van der Waals surface area contributed by atoms with Crippen LogP contribution in [0.2, 0.25) is 0 Å². The van der Waals surface area contributed by atoms with Crippen LogP contribution in [0.15, 0.2) is 24.3 Å². The van der Waals surface area contributed by atoms with Gasteiger partial charge in [0.05, 0.1) is 6.54 Å². The Labute approximate surface area is 151 Å². The third-order valence-electron chi connectivity index (χ3n) is 3.25. The molecule has 0 saturated heterocycles. The lowest BCUT2D eigenvalue weighted by Gasteiger charge is -2.16. The number of hydrogen-bond donors (Lipinski definition) is 4. The van der Waals surface area contributed by atoms with Crippen molar-refractivity contribution in [1.29, 1.82) is 0 Å². The molecule has 4 N–H and O–H groups in total. The topological polar surface area (TPSA) is 125 Å². The zero-order chi connectivity index (χ0) is 19.5. The van der Waals surface area contributed by atoms with E-state index in [9.17, 15) is 19.2 Å². The Morgan fingerprint density at radius 3 is 2.35 bits per heavy atom. The van der Waals surface area contributed by atoms with Gasteiger partial charge >= 0.3 is 5.97 Å². The summed E-state index contributed by atoms with van der Waals surface area (Å²) in [5, 5.41) is 15.9. The summed E-state index contributed by atoms with van der Waals surface area (Å²) in [6, 6.07) is 6.46. The van der Waals surface area contributed by atoms with Crippen LogP contribution >= 0.6 is 0 Å². The number of likely N-dealkylation sites (N-methyl/N-ethyl adjacent to an activating group) is 1. The molecule has 1 aromatic rings. The first-order valence-electron chi connectivity index (χ1n) is 7.86. The Bertz CT molecular complexity index is 731. The highest BCUT2D eigenvalue weighted by Crippen LogP contribution is 2.07. The van der Waals surface area contributed by atoms with Gasteiger partial charge in [-0.3, -0.25) is 19.2 Å². The first-order valence-corrected chi connectivity index (χ1v) is 7.86. The number of carboxylic acids is 1. The molecule has 0 bridgehead atoms. The van der Waals surface area contributed by atoms with Crippen LogP contribution in [-0.2, 0) is 25.6 Å². The molecule has 1 unspecified atom stereocenters. The highest BCUT2D eigenvalue weighted by atomic mass is 16.4. The molecular formula is C18H21N3O5. The number of rotatable bonds is 7. The van der Waals surface area contributed by atoms with Gasteiger partial charge in [0.1, 0.15) is 12.5 Å². The second-order valence-corrected chi connectivity index (χ2v) is 5.42. The second kappa shape index (κ2) is 10.5. The number of aliphatic carboxylic acids is 1. The number of carbonyl (C=O) groups is 4. The summed E-state index contributed by atoms with van der Waals surface area (Å²) in [4.78, 5) is 44.5. The minimum Gasteiger partial charge on any atom is -0.481 e. The Hall–Kier alpha value is -3.34. The molecule has 0 aliphatic heterocycles. The van der Waals surface area contributed by atoms with Gasteiger partial charge in [0, 0.05) is 26.0 Å². The van der Waals surface area contributed by atoms with Crippen molar-refractivity contribution in [2.45, 2.75) is 25.8 Å². The Morgan fingerprint density at radius 2 is 1.81 bits per heavy atom. The Morgan fingerprint density at radius 1 is 1.15 bits per heavy atom. The fourth-order valence-electron chi connectivity index (χ4n) is 2.08. The lowest BCUT2D eigenvalue weighted by atomic mass is 10.0. The molecule has 1 rings (SSSR count). The number of nitrogens with one attached hydrogen (secondary N) is 3. The predicted octanol–water partition coefficient (Wildman–Crippen LogP) is -0.578. The minimum atomic E-state index is -1.19. The number of benzene rings is 1. The predicted molar refractivity (Wildman–Crippen MR) is 94.0 cm³/mol. The van der Waals surface area contributed by atoms with Crippen LogP contribution in [0.1, 0.15) is 24.5 Å². The summed E-state index contributed by atoms with van der Waals surface area (Å²) in [5.41, 5.74) is 1.56. The molecular weight excluding hydrogens is 338 g/mol. The second-order valence-electron chi connectivity index (χ2n) is 5.42. The maximum atomic E-state index is 11.8. The molecule has 0 heterocycles. The van der Waals surface area contributed by atoms with E-state index in [1.165, 1.54) is 14.0 Å². The zero-order valence-electron chi connectivity index (χ0n) is 14.6. The lowest BCUT2D eigenvalue weighted by Crippen LogP contribution is -2.46. The van der Waals surface area contributed by atoms with E-state index in [2.05, 4.69) is 27.8 Å². The smallest absolute Gasteiger partial charge is 0.312 e. The van der Waals surface area contributed by atoms with Crippen molar-refractivity contribution in [3.05, 3.63) is 35.4 Å². The van der Waals surface area contributed by atoms with Crippen molar-refractivity contribution in [1.82, 2.24) is 16.0 Å². The van der Waals surface area contributed by atoms with Gasteiger partial charge in [0.15, 0.2) is 0 Å². The van der Waals surface area contributed by atoms with Crippen LogP contribution < -0.4 is 16.0 Å². The molecule has 0 aromatic heterocycles. The zero-order valence-corrected chi connectivity index (χ0v) is 14.6. The number of carboxylic acid groups (broad SMARTS) is 1. The Kier molecular flexibility index (Phi) is 8.37. The summed E-state index contributed by atoms with van der Waals surface area (Å²) >= 11 is 0. The molecule has 0 aliphatic carbocycles. The van der Waals surface area contributed by atoms with Gasteiger partial charge in [-0.05, 0) is 17.7 Å². The first kappa shape index (κ1) is 20.7. The fraction of sp³-hybridized carbons (Fsp3) is 0.333. The summed E-state index contributed by atoms with van der Waals surface area (Å²) in [7, 11) is 1.51. The van der Waals surface area contributed by atoms with E-state index in [0.29, 0.717) is 12.0 Å². The molecule has 1 aromatic carbocycles. The van der Waals surface area contributed by atoms with Gasteiger partial charge in [0.25, 0.3) is 0 Å². The third-order valence-corrected chi connectivity index (χ3v) is 3.25. The molecule has 0 spiro atoms. The number of carbonyl (C=O) groups excluding carboxylic acids is 3. The van der Waals surface area contributed by atoms with Crippen LogP contribution in [0.4, 0.5) is 0 Å². The lowest BCUT2D eigenvalue weighted by molar-refractivity contribution is -0.140. The average molecular weight is 359 g/mol. The van der Waals surface area contributed by atoms with Crippen molar-refractivity contribution in [3.8, 4) is 11.8 Å². The van der Waals surface area contributed by atoms with Crippen LogP contribution in [-0.4, -0.2) is 48.4 Å². The Balaban J connectivity index is 2.61. The molecule has 0 fully saturated rings. The van der Waals surface area contributed by atoms with Crippen molar-refractivity contribution >= 4 is 23.7 Å². The first-order chi connectivity index (χ1) is 12.3. The molecule has 1 atom stereocenters. The van der Waals surface area contributed by atoms with Crippen molar-refractivity contribution < 1.29 is 24.3 Å². The van der Waals surface area contributed by atoms with Crippen LogP contribution in [0, 0.1) is 11.8 Å². The third kappa shape index (κ3) is 7.97. The van der Waals surface area contributed by atoms with Crippen molar-refractivity contribution in [3.63, 3.8) is 0 Å². The maximum absolute atomic E-state index is 11.8. The summed E-state index contributed by atoms with van der Waals surface area (Å²) in [6.07, 6.45) is -0.241. The fourth-order valence-corrected chi connectivity index (χ4v) is 2.08. The van der Waals surface area contributed by atoms with E-state index in [0.717, 1.165) is 5.56 Å². The van der Waals surface area contributed by atoms with Gasteiger partial charge in [-0.1, -0.05) is 24.0 Å². The van der Waals surface area contributed by atoms with Crippen molar-refractivity contribution in [2.24, 2.45) is 0 Å². The van der Waals surface area contributed by atoms with E-state index in [1.807, 2.05) is 0 Å². The standard InChI is InChI=1S/C18H21N3O5/c1-12(22)21-15(18(26)19-2)10-14-7-5-13(6-8-14)4-3-9-20-16(23)11-17(24)25/h5-8,15H,9-11H2,1-2H3,(H,19,26)(H,20,23)(H,21,22)(H,24,25). The van der Waals surface area contributed by atoms with Gasteiger partial charge < -0.3 is 21.1 Å². The van der Waals surface area contributed by atoms with E-state index < -0.39 is 24.3 Å². The van der Waals surface area contributed by atoms with E-state index in [1.54, 1.807) is 24.3 Å². The average Bonchev–Trinajstić information content (AvgIpc) is 2.57. The molecule has 0 aliphatic rings. The molecule has 138 valence electrons. The molecule has 8 heteroatoms. The maximum Gasteiger partial charge on any atom is 0.312 e. The summed E-state index contributed by atoms with van der Waals surface area (Å²) in [6.45, 7) is 1.40. The van der Waals surface area contributed by atoms with Gasteiger partial charge in [-0.25, -0.2) is 0 Å². The molecule has 8 nitrogen and oxygen atoms in total. The van der Waals surface area contributed by atoms with Crippen LogP contribution in [0.3, 0.4) is 0 Å². The number of amides is 3. The molecule has 26 heavy (non-hydrogen) atoms. The quantitative estimate of drug-likeness (QED) is 0.383. The SMILES string of the molecule is CNC(=O)C(Cc1ccc(C#CCNC(=O)CC(=O)O)cc1)NC(C)=O. The molecule has 0 saturated carbocycles. The highest BCUT2D eigenvalue weighted by Gasteiger charge is 2.18. The van der Waals surface area contributed by atoms with Gasteiger partial charge in [-0.15, -0.1) is 0 Å². The van der Waals surface area contributed by atoms with Crippen molar-refractivity contribution in [2.75, 3.05) is 13.6 Å².